The van der Waals surface area contributed by atoms with Crippen LogP contribution in [-0.2, 0) is 3.07 Å². The van der Waals surface area contributed by atoms with Gasteiger partial charge < -0.3 is 0 Å². The summed E-state index contributed by atoms with van der Waals surface area (Å²) in [6.45, 7) is 0. The van der Waals surface area contributed by atoms with Gasteiger partial charge in [0.1, 0.15) is 0 Å². The second-order valence-corrected chi connectivity index (χ2v) is 16.7. The zero-order valence-electron chi connectivity index (χ0n) is 14.5. The van der Waals surface area contributed by atoms with Gasteiger partial charge in [0, 0.05) is 0 Å². The first kappa shape index (κ1) is 29.7. The first-order valence-electron chi connectivity index (χ1n) is 7.75. The predicted molar refractivity (Wildman–Crippen MR) is 74.8 cm³/mol. The Morgan fingerprint density at radius 2 is 0.600 bits per heavy atom. The third-order valence-electron chi connectivity index (χ3n) is 4.12. The molecule has 0 radical (unpaired) electrons. The molecule has 0 aliphatic carbocycles. The monoisotopic (exact) mass is 592 g/mol. The first-order valence-corrected chi connectivity index (χ1v) is 13.9. The van der Waals surface area contributed by atoms with Gasteiger partial charge in [0.05, 0.1) is 0 Å². The van der Waals surface area contributed by atoms with Crippen LogP contribution in [0.4, 0.5) is 65.9 Å². The number of halogens is 15. The predicted octanol–water partition coefficient (Wildman–Crippen LogP) is 5.03. The van der Waals surface area contributed by atoms with Crippen LogP contribution in [0.1, 0.15) is 0 Å². The summed E-state index contributed by atoms with van der Waals surface area (Å²) < 4.78 is 189. The molecule has 17 heteroatoms. The summed E-state index contributed by atoms with van der Waals surface area (Å²) in [6, 6.07) is 0. The molecule has 0 saturated carbocycles. The van der Waals surface area contributed by atoms with E-state index in [4.69, 9.17) is 0 Å². The van der Waals surface area contributed by atoms with Crippen LogP contribution in [0.3, 0.4) is 0 Å². The van der Waals surface area contributed by atoms with Crippen LogP contribution in [0.15, 0.2) is 0 Å². The van der Waals surface area contributed by atoms with Crippen molar-refractivity contribution in [3.8, 4) is 0 Å². The van der Waals surface area contributed by atoms with Crippen molar-refractivity contribution >= 4 is 18.8 Å². The van der Waals surface area contributed by atoms with Crippen molar-refractivity contribution in [2.24, 2.45) is 0 Å². The molecule has 0 rings (SSSR count). The molecule has 30 heavy (non-hydrogen) atoms. The van der Waals surface area contributed by atoms with Gasteiger partial charge in [-0.25, -0.2) is 0 Å². The third-order valence-corrected chi connectivity index (χ3v) is 16.2. The molecule has 1 nitrogen and oxygen atoms in total. The average Bonchev–Trinajstić information content (AvgIpc) is 2.70. The standard InChI is InChI=1S/3C4H4F5.CH3O.Sn/c3*5-1-2(6)3(7)4(8)9;1-2;/h3*1-4H;1H3;/q;;;-1;+1. The van der Waals surface area contributed by atoms with E-state index in [1.54, 1.807) is 0 Å². The van der Waals surface area contributed by atoms with E-state index in [2.05, 4.69) is 3.07 Å². The fourth-order valence-corrected chi connectivity index (χ4v) is 12.8. The maximum atomic E-state index is 14.5. The molecule has 0 aromatic carbocycles. The second kappa shape index (κ2) is 12.1. The molecule has 0 spiro atoms. The van der Waals surface area contributed by atoms with Crippen LogP contribution >= 0.6 is 0 Å². The van der Waals surface area contributed by atoms with E-state index in [1.807, 2.05) is 0 Å². The summed E-state index contributed by atoms with van der Waals surface area (Å²) in [4.78, 5) is 0. The van der Waals surface area contributed by atoms with Gasteiger partial charge in [-0.15, -0.1) is 0 Å². The fourth-order valence-electron chi connectivity index (χ4n) is 2.44. The molecule has 0 aliphatic rings. The summed E-state index contributed by atoms with van der Waals surface area (Å²) in [5.41, 5.74) is 0. The molecule has 0 aliphatic heterocycles. The SMILES string of the molecule is C[O][Sn]([CH](F)C(F)C(F)C(F)F)([CH](F)C(F)C(F)C(F)F)[CH](F)C(F)C(F)C(F)F. The first-order chi connectivity index (χ1) is 13.6. The van der Waals surface area contributed by atoms with E-state index >= 15 is 0 Å². The Morgan fingerprint density at radius 3 is 0.733 bits per heavy atom. The molecule has 0 heterocycles. The molecule has 0 fully saturated rings. The van der Waals surface area contributed by atoms with Crippen LogP contribution < -0.4 is 0 Å². The minimum absolute atomic E-state index is 0.0468. The van der Waals surface area contributed by atoms with E-state index in [9.17, 15) is 65.9 Å². The minimum atomic E-state index is -7.95. The Morgan fingerprint density at radius 1 is 0.400 bits per heavy atom. The van der Waals surface area contributed by atoms with Gasteiger partial charge >= 0.3 is 164 Å². The van der Waals surface area contributed by atoms with E-state index in [-0.39, 0.29) is 7.11 Å². The van der Waals surface area contributed by atoms with Gasteiger partial charge in [0.25, 0.3) is 0 Å². The van der Waals surface area contributed by atoms with Crippen LogP contribution in [0.5, 0.6) is 0 Å². The van der Waals surface area contributed by atoms with Crippen molar-refractivity contribution in [3.05, 3.63) is 0 Å². The molecule has 0 aromatic heterocycles. The quantitative estimate of drug-likeness (QED) is 0.216. The molecular formula is C13H15F15OSn. The van der Waals surface area contributed by atoms with Crippen LogP contribution in [0.25, 0.3) is 0 Å². The molecule has 0 aromatic rings. The second-order valence-electron chi connectivity index (χ2n) is 5.93. The summed E-state index contributed by atoms with van der Waals surface area (Å²) in [5.74, 6) is 0. The van der Waals surface area contributed by atoms with Crippen molar-refractivity contribution in [1.29, 1.82) is 0 Å². The normalized spacial score (nSPS) is 24.1. The Labute approximate surface area is 164 Å². The maximum absolute atomic E-state index is 14.5. The summed E-state index contributed by atoms with van der Waals surface area (Å²) in [6.07, 6.45) is -38.6. The zero-order valence-corrected chi connectivity index (χ0v) is 17.4. The Hall–Kier alpha value is -0.291. The summed E-state index contributed by atoms with van der Waals surface area (Å²) >= 11 is -7.95. The molecule has 0 bridgehead atoms. The van der Waals surface area contributed by atoms with Gasteiger partial charge in [0.2, 0.25) is 0 Å². The van der Waals surface area contributed by atoms with Crippen LogP contribution in [0.2, 0.25) is 0 Å². The average molecular weight is 591 g/mol. The Balaban J connectivity index is 6.46. The van der Waals surface area contributed by atoms with Gasteiger partial charge in [-0.05, 0) is 0 Å². The van der Waals surface area contributed by atoms with Crippen molar-refractivity contribution in [2.45, 2.75) is 68.9 Å². The van der Waals surface area contributed by atoms with Gasteiger partial charge in [-0.1, -0.05) is 0 Å². The number of alkyl halides is 15. The molecule has 0 N–H and O–H groups in total. The Bertz CT molecular complexity index is 435. The van der Waals surface area contributed by atoms with Crippen LogP contribution in [-0.4, -0.2) is 94.8 Å². The van der Waals surface area contributed by atoms with E-state index in [1.165, 1.54) is 0 Å². The summed E-state index contributed by atoms with van der Waals surface area (Å²) in [7, 11) is -0.0468. The molecular weight excluding hydrogens is 576 g/mol. The summed E-state index contributed by atoms with van der Waals surface area (Å²) in [5, 5.41) is 0. The van der Waals surface area contributed by atoms with Crippen molar-refractivity contribution < 1.29 is 68.9 Å². The number of hydrogen-bond acceptors (Lipinski definition) is 1. The molecule has 0 amide bonds. The van der Waals surface area contributed by atoms with Crippen molar-refractivity contribution in [2.75, 3.05) is 7.11 Å². The van der Waals surface area contributed by atoms with Gasteiger partial charge in [-0.2, -0.15) is 0 Å². The van der Waals surface area contributed by atoms with Crippen molar-refractivity contribution in [3.63, 3.8) is 0 Å². The van der Waals surface area contributed by atoms with Crippen molar-refractivity contribution in [1.82, 2.24) is 0 Å². The zero-order chi connectivity index (χ0) is 24.1. The van der Waals surface area contributed by atoms with E-state index < -0.39 is 87.7 Å². The molecule has 0 saturated heterocycles. The van der Waals surface area contributed by atoms with Crippen LogP contribution in [0, 0.1) is 0 Å². The molecule has 9 unspecified atom stereocenters. The number of rotatable bonds is 13. The topological polar surface area (TPSA) is 9.23 Å². The van der Waals surface area contributed by atoms with Gasteiger partial charge in [0.15, 0.2) is 0 Å². The Kier molecular flexibility index (Phi) is 12.0. The number of hydrogen-bond donors (Lipinski definition) is 0. The molecule has 9 atom stereocenters. The van der Waals surface area contributed by atoms with E-state index in [0.717, 1.165) is 0 Å². The van der Waals surface area contributed by atoms with E-state index in [0.29, 0.717) is 0 Å². The fraction of sp³-hybridized carbons (Fsp3) is 1.00. The van der Waals surface area contributed by atoms with Gasteiger partial charge in [-0.3, -0.25) is 0 Å². The molecule has 182 valence electrons. The third kappa shape index (κ3) is 6.15.